The maximum Gasteiger partial charge on any atom is 0.355 e. The number of carboxylic acids is 1. The van der Waals surface area contributed by atoms with Gasteiger partial charge < -0.3 is 10.0 Å². The number of nitrogens with zero attached hydrogens (tertiary/aromatic N) is 2. The average Bonchev–Trinajstić information content (AvgIpc) is 2.98. The molecule has 94 valence electrons. The number of hydrogen-bond donors (Lipinski definition) is 1. The lowest BCUT2D eigenvalue weighted by molar-refractivity contribution is 0.0691. The third-order valence-electron chi connectivity index (χ3n) is 2.25. The third-order valence-corrected chi connectivity index (χ3v) is 3.82. The summed E-state index contributed by atoms with van der Waals surface area (Å²) in [7, 11) is 1.67. The van der Waals surface area contributed by atoms with E-state index in [1.807, 2.05) is 16.8 Å². The lowest BCUT2D eigenvalue weighted by Gasteiger charge is -2.14. The number of rotatable bonds is 4. The largest absolute Gasteiger partial charge is 0.476 e. The molecule has 2 rings (SSSR count). The molecule has 5 nitrogen and oxygen atoms in total. The minimum absolute atomic E-state index is 0.0905. The highest BCUT2D eigenvalue weighted by molar-refractivity contribution is 7.11. The van der Waals surface area contributed by atoms with Gasteiger partial charge in [0.05, 0.1) is 0 Å². The predicted octanol–water partition coefficient (Wildman–Crippen LogP) is 2.17. The fraction of sp³-hybridized carbons (Fsp3) is 0.182. The molecule has 0 bridgehead atoms. The molecule has 18 heavy (non-hydrogen) atoms. The lowest BCUT2D eigenvalue weighted by Crippen LogP contribution is -2.26. The summed E-state index contributed by atoms with van der Waals surface area (Å²) in [4.78, 5) is 28.0. The summed E-state index contributed by atoms with van der Waals surface area (Å²) in [6.07, 6.45) is 0. The van der Waals surface area contributed by atoms with Crippen LogP contribution in [-0.2, 0) is 6.54 Å². The van der Waals surface area contributed by atoms with E-state index < -0.39 is 5.97 Å². The van der Waals surface area contributed by atoms with E-state index in [-0.39, 0.29) is 16.6 Å². The van der Waals surface area contributed by atoms with Crippen molar-refractivity contribution in [2.24, 2.45) is 0 Å². The Labute approximate surface area is 111 Å². The summed E-state index contributed by atoms with van der Waals surface area (Å²) in [6.45, 7) is 0.490. The molecule has 0 spiro atoms. The topological polar surface area (TPSA) is 70.5 Å². The maximum absolute atomic E-state index is 12.0. The Bertz CT molecular complexity index is 563. The predicted molar refractivity (Wildman–Crippen MR) is 69.2 cm³/mol. The Balaban J connectivity index is 2.08. The van der Waals surface area contributed by atoms with E-state index in [9.17, 15) is 9.59 Å². The van der Waals surface area contributed by atoms with Gasteiger partial charge >= 0.3 is 5.97 Å². The van der Waals surface area contributed by atoms with Crippen LogP contribution in [0, 0.1) is 0 Å². The Morgan fingerprint density at radius 3 is 2.78 bits per heavy atom. The number of thiophene rings is 1. The fourth-order valence-corrected chi connectivity index (χ4v) is 2.81. The Kier molecular flexibility index (Phi) is 3.73. The van der Waals surface area contributed by atoms with Crippen molar-refractivity contribution < 1.29 is 14.7 Å². The lowest BCUT2D eigenvalue weighted by atomic mass is 10.3. The van der Waals surface area contributed by atoms with Crippen LogP contribution in [0.2, 0.25) is 0 Å². The summed E-state index contributed by atoms with van der Waals surface area (Å²) in [5.74, 6) is -1.38. The molecule has 2 aromatic rings. The van der Waals surface area contributed by atoms with E-state index in [0.717, 1.165) is 16.9 Å². The number of aromatic nitrogens is 1. The van der Waals surface area contributed by atoms with Gasteiger partial charge in [-0.3, -0.25) is 4.79 Å². The monoisotopic (exact) mass is 282 g/mol. The van der Waals surface area contributed by atoms with E-state index in [1.165, 1.54) is 10.3 Å². The summed E-state index contributed by atoms with van der Waals surface area (Å²) in [5.41, 5.74) is 0.957. The molecule has 0 aromatic carbocycles. The number of carbonyl (C=O) groups excluding carboxylic acids is 1. The van der Waals surface area contributed by atoms with Gasteiger partial charge in [-0.1, -0.05) is 0 Å². The van der Waals surface area contributed by atoms with Crippen molar-refractivity contribution in [3.63, 3.8) is 0 Å². The second-order valence-electron chi connectivity index (χ2n) is 3.64. The van der Waals surface area contributed by atoms with Gasteiger partial charge in [0.2, 0.25) is 0 Å². The van der Waals surface area contributed by atoms with Crippen molar-refractivity contribution in [1.82, 2.24) is 9.88 Å². The smallest absolute Gasteiger partial charge is 0.355 e. The van der Waals surface area contributed by atoms with Crippen LogP contribution in [0.3, 0.4) is 0 Å². The zero-order valence-electron chi connectivity index (χ0n) is 9.49. The van der Waals surface area contributed by atoms with Crippen LogP contribution in [0.1, 0.15) is 25.9 Å². The van der Waals surface area contributed by atoms with Crippen LogP contribution in [0.15, 0.2) is 22.2 Å². The van der Waals surface area contributed by atoms with E-state index >= 15 is 0 Å². The van der Waals surface area contributed by atoms with E-state index in [1.54, 1.807) is 18.4 Å². The summed E-state index contributed by atoms with van der Waals surface area (Å²) in [5, 5.41) is 14.2. The molecule has 2 heterocycles. The highest BCUT2D eigenvalue weighted by Crippen LogP contribution is 2.14. The zero-order chi connectivity index (χ0) is 13.1. The van der Waals surface area contributed by atoms with Crippen LogP contribution in [0.5, 0.6) is 0 Å². The second-order valence-corrected chi connectivity index (χ2v) is 5.27. The zero-order valence-corrected chi connectivity index (χ0v) is 11.1. The molecular weight excluding hydrogens is 272 g/mol. The molecule has 0 aliphatic carbocycles. The van der Waals surface area contributed by atoms with E-state index in [2.05, 4.69) is 4.98 Å². The highest BCUT2D eigenvalue weighted by atomic mass is 32.1. The highest BCUT2D eigenvalue weighted by Gasteiger charge is 2.18. The van der Waals surface area contributed by atoms with Gasteiger partial charge in [-0.25, -0.2) is 9.78 Å². The molecule has 2 aromatic heterocycles. The molecule has 0 atom stereocenters. The maximum atomic E-state index is 12.0. The van der Waals surface area contributed by atoms with Crippen molar-refractivity contribution >= 4 is 34.6 Å². The first-order valence-corrected chi connectivity index (χ1v) is 6.85. The molecule has 0 saturated heterocycles. The quantitative estimate of drug-likeness (QED) is 0.933. The van der Waals surface area contributed by atoms with E-state index in [0.29, 0.717) is 6.54 Å². The summed E-state index contributed by atoms with van der Waals surface area (Å²) >= 11 is 2.61. The standard InChI is InChI=1S/C11H10N2O3S2/c1-13(4-7-2-3-17-5-7)10(14)9-12-8(6-18-9)11(15)16/h2-3,5-6H,4H2,1H3,(H,15,16). The Hall–Kier alpha value is -1.73. The van der Waals surface area contributed by atoms with Gasteiger partial charge in [0.25, 0.3) is 5.91 Å². The number of hydrogen-bond acceptors (Lipinski definition) is 5. The summed E-state index contributed by atoms with van der Waals surface area (Å²) in [6, 6.07) is 1.94. The molecule has 0 fully saturated rings. The summed E-state index contributed by atoms with van der Waals surface area (Å²) < 4.78 is 0. The molecule has 1 N–H and O–H groups in total. The van der Waals surface area contributed by atoms with Gasteiger partial charge in [0, 0.05) is 19.0 Å². The first-order chi connectivity index (χ1) is 8.58. The molecule has 0 saturated carbocycles. The molecule has 0 aliphatic heterocycles. The number of thiazole rings is 1. The number of aromatic carboxylic acids is 1. The van der Waals surface area contributed by atoms with Crippen LogP contribution in [-0.4, -0.2) is 33.9 Å². The normalized spacial score (nSPS) is 10.3. The van der Waals surface area contributed by atoms with Crippen LogP contribution in [0.25, 0.3) is 0 Å². The van der Waals surface area contributed by atoms with Gasteiger partial charge in [-0.15, -0.1) is 11.3 Å². The molecular formula is C11H10N2O3S2. The van der Waals surface area contributed by atoms with Gasteiger partial charge in [0.15, 0.2) is 10.7 Å². The van der Waals surface area contributed by atoms with Crippen LogP contribution < -0.4 is 0 Å². The SMILES string of the molecule is CN(Cc1ccsc1)C(=O)c1nc(C(=O)O)cs1. The van der Waals surface area contributed by atoms with Crippen molar-refractivity contribution in [3.8, 4) is 0 Å². The average molecular weight is 282 g/mol. The van der Waals surface area contributed by atoms with Gasteiger partial charge in [-0.05, 0) is 22.4 Å². The van der Waals surface area contributed by atoms with E-state index in [4.69, 9.17) is 5.11 Å². The number of carboxylic acid groups (broad SMARTS) is 1. The molecule has 0 aliphatic rings. The van der Waals surface area contributed by atoms with Gasteiger partial charge in [0.1, 0.15) is 0 Å². The van der Waals surface area contributed by atoms with Crippen LogP contribution in [0.4, 0.5) is 0 Å². The minimum Gasteiger partial charge on any atom is -0.476 e. The minimum atomic E-state index is -1.12. The Morgan fingerprint density at radius 1 is 1.44 bits per heavy atom. The second kappa shape index (κ2) is 5.28. The third kappa shape index (κ3) is 2.74. The van der Waals surface area contributed by atoms with Gasteiger partial charge in [-0.2, -0.15) is 11.3 Å². The fourth-order valence-electron chi connectivity index (χ4n) is 1.36. The molecule has 0 unspecified atom stereocenters. The van der Waals surface area contributed by atoms with Crippen LogP contribution >= 0.6 is 22.7 Å². The number of carbonyl (C=O) groups is 2. The van der Waals surface area contributed by atoms with Crippen molar-refractivity contribution in [2.45, 2.75) is 6.54 Å². The Morgan fingerprint density at radius 2 is 2.22 bits per heavy atom. The molecule has 1 amide bonds. The first kappa shape index (κ1) is 12.7. The van der Waals surface area contributed by atoms with Crippen molar-refractivity contribution in [3.05, 3.63) is 38.5 Å². The molecule has 7 heteroatoms. The molecule has 0 radical (unpaired) electrons. The van der Waals surface area contributed by atoms with Crippen molar-refractivity contribution in [2.75, 3.05) is 7.05 Å². The number of amides is 1. The first-order valence-electron chi connectivity index (χ1n) is 5.03. The van der Waals surface area contributed by atoms with Crippen molar-refractivity contribution in [1.29, 1.82) is 0 Å².